The number of phenolic OH excluding ortho intramolecular Hbond substituents is 1. The minimum atomic E-state index is -0.897. The van der Waals surface area contributed by atoms with E-state index in [1.165, 1.54) is 12.1 Å². The van der Waals surface area contributed by atoms with Gasteiger partial charge in [0.2, 0.25) is 0 Å². The molecule has 5 heteroatoms. The summed E-state index contributed by atoms with van der Waals surface area (Å²) in [6.07, 6.45) is 7.30. The van der Waals surface area contributed by atoms with Crippen LogP contribution < -0.4 is 0 Å². The molecule has 1 aliphatic carbocycles. The zero-order valence-electron chi connectivity index (χ0n) is 19.2. The molecule has 0 radical (unpaired) electrons. The lowest BCUT2D eigenvalue weighted by Gasteiger charge is -2.27. The fraction of sp³-hybridized carbons (Fsp3) is 0.310. The fourth-order valence-corrected chi connectivity index (χ4v) is 4.59. The van der Waals surface area contributed by atoms with Gasteiger partial charge in [-0.05, 0) is 73.8 Å². The second-order valence-electron chi connectivity index (χ2n) is 8.84. The van der Waals surface area contributed by atoms with E-state index in [9.17, 15) is 18.3 Å². The number of allylic oxidation sites excluding steroid dienone is 1. The van der Waals surface area contributed by atoms with Crippen LogP contribution in [0.25, 0.3) is 17.2 Å². The van der Waals surface area contributed by atoms with Crippen molar-refractivity contribution in [1.82, 2.24) is 0 Å². The summed E-state index contributed by atoms with van der Waals surface area (Å²) in [7, 11) is 0. The maximum absolute atomic E-state index is 14.7. The summed E-state index contributed by atoms with van der Waals surface area (Å²) in [5.74, 6) is -1.34. The third kappa shape index (κ3) is 5.53. The molecular formula is C29H29F3O2. The van der Waals surface area contributed by atoms with E-state index in [2.05, 4.69) is 0 Å². The lowest BCUT2D eigenvalue weighted by molar-refractivity contribution is 0.131. The number of rotatable bonds is 7. The number of benzene rings is 3. The molecular weight excluding hydrogens is 437 g/mol. The molecule has 0 amide bonds. The van der Waals surface area contributed by atoms with Crippen LogP contribution in [0, 0.1) is 23.4 Å². The van der Waals surface area contributed by atoms with Gasteiger partial charge in [-0.1, -0.05) is 48.6 Å². The molecule has 178 valence electrons. The highest BCUT2D eigenvalue weighted by atomic mass is 19.2. The number of hydrogen-bond acceptors (Lipinski definition) is 2. The number of halogens is 3. The lowest BCUT2D eigenvalue weighted by Crippen LogP contribution is -2.12. The van der Waals surface area contributed by atoms with Gasteiger partial charge in [-0.25, -0.2) is 13.2 Å². The van der Waals surface area contributed by atoms with Gasteiger partial charge in [0, 0.05) is 23.3 Å². The number of hydrogen-bond donors (Lipinski definition) is 1. The van der Waals surface area contributed by atoms with Crippen molar-refractivity contribution in [3.05, 3.63) is 94.8 Å². The minimum absolute atomic E-state index is 0.0719. The molecule has 3 aromatic rings. The van der Waals surface area contributed by atoms with Gasteiger partial charge < -0.3 is 9.84 Å². The SMILES string of the molecule is CCOCc1ccc(C2CCC(/C=C/c3ccc(-c4ccc(O)cc4)c(F)c3F)CC2)cc1F. The van der Waals surface area contributed by atoms with Crippen LogP contribution in [0.4, 0.5) is 13.2 Å². The largest absolute Gasteiger partial charge is 0.508 e. The number of aromatic hydroxyl groups is 1. The van der Waals surface area contributed by atoms with Crippen LogP contribution in [0.3, 0.4) is 0 Å². The van der Waals surface area contributed by atoms with E-state index in [4.69, 9.17) is 4.74 Å². The van der Waals surface area contributed by atoms with Gasteiger partial charge in [-0.15, -0.1) is 0 Å². The standard InChI is InChI=1S/C29H29F3O2/c1-2-34-18-24-10-9-23(17-27(24)30)20-6-3-19(4-7-20)5-8-22-13-16-26(29(32)28(22)31)21-11-14-25(33)15-12-21/h5,8-17,19-20,33H,2-4,6-7,18H2,1H3/b8-5+. The first-order valence-corrected chi connectivity index (χ1v) is 11.8. The number of phenols is 1. The van der Waals surface area contributed by atoms with E-state index in [1.807, 2.05) is 25.1 Å². The minimum Gasteiger partial charge on any atom is -0.508 e. The molecule has 0 atom stereocenters. The van der Waals surface area contributed by atoms with Crippen molar-refractivity contribution in [1.29, 1.82) is 0 Å². The third-order valence-corrected chi connectivity index (χ3v) is 6.62. The maximum Gasteiger partial charge on any atom is 0.167 e. The summed E-state index contributed by atoms with van der Waals surface area (Å²) in [5.41, 5.74) is 2.47. The molecule has 1 fully saturated rings. The van der Waals surface area contributed by atoms with Crippen LogP contribution in [-0.4, -0.2) is 11.7 Å². The molecule has 3 aromatic carbocycles. The summed E-state index contributed by atoms with van der Waals surface area (Å²) in [5, 5.41) is 9.40. The lowest BCUT2D eigenvalue weighted by atomic mass is 9.78. The van der Waals surface area contributed by atoms with Gasteiger partial charge in [0.25, 0.3) is 0 Å². The summed E-state index contributed by atoms with van der Waals surface area (Å²) < 4.78 is 49.0. The van der Waals surface area contributed by atoms with Crippen molar-refractivity contribution in [2.24, 2.45) is 5.92 Å². The van der Waals surface area contributed by atoms with E-state index in [0.29, 0.717) is 23.7 Å². The first kappa shape index (κ1) is 24.1. The monoisotopic (exact) mass is 466 g/mol. The summed E-state index contributed by atoms with van der Waals surface area (Å²) >= 11 is 0. The Morgan fingerprint density at radius 3 is 2.32 bits per heavy atom. The highest BCUT2D eigenvalue weighted by Gasteiger charge is 2.22. The van der Waals surface area contributed by atoms with Crippen molar-refractivity contribution in [3.63, 3.8) is 0 Å². The Hall–Kier alpha value is -3.05. The predicted octanol–water partition coefficient (Wildman–Crippen LogP) is 8.00. The Morgan fingerprint density at radius 2 is 1.65 bits per heavy atom. The van der Waals surface area contributed by atoms with Crippen molar-refractivity contribution in [3.8, 4) is 16.9 Å². The van der Waals surface area contributed by atoms with Crippen molar-refractivity contribution >= 4 is 6.08 Å². The Labute approximate surface area is 198 Å². The smallest absolute Gasteiger partial charge is 0.167 e. The Balaban J connectivity index is 1.38. The van der Waals surface area contributed by atoms with Crippen LogP contribution in [0.1, 0.15) is 55.2 Å². The first-order chi connectivity index (χ1) is 16.5. The Morgan fingerprint density at radius 1 is 0.912 bits per heavy atom. The highest BCUT2D eigenvalue weighted by molar-refractivity contribution is 5.67. The molecule has 34 heavy (non-hydrogen) atoms. The molecule has 0 bridgehead atoms. The zero-order chi connectivity index (χ0) is 24.1. The first-order valence-electron chi connectivity index (χ1n) is 11.8. The Kier molecular flexibility index (Phi) is 7.73. The third-order valence-electron chi connectivity index (χ3n) is 6.62. The van der Waals surface area contributed by atoms with Crippen molar-refractivity contribution < 1.29 is 23.0 Å². The summed E-state index contributed by atoms with van der Waals surface area (Å²) in [6, 6.07) is 14.6. The Bertz CT molecular complexity index is 1150. The van der Waals surface area contributed by atoms with Gasteiger partial charge in [0.05, 0.1) is 6.61 Å². The molecule has 0 aromatic heterocycles. The molecule has 1 aliphatic rings. The van der Waals surface area contributed by atoms with Crippen LogP contribution in [0.2, 0.25) is 0 Å². The summed E-state index contributed by atoms with van der Waals surface area (Å²) in [4.78, 5) is 0. The van der Waals surface area contributed by atoms with Crippen LogP contribution in [0.5, 0.6) is 5.75 Å². The van der Waals surface area contributed by atoms with Crippen LogP contribution >= 0.6 is 0 Å². The second kappa shape index (κ2) is 10.9. The molecule has 0 aliphatic heterocycles. The van der Waals surface area contributed by atoms with Gasteiger partial charge in [0.15, 0.2) is 11.6 Å². The van der Waals surface area contributed by atoms with E-state index in [0.717, 1.165) is 31.2 Å². The predicted molar refractivity (Wildman–Crippen MR) is 129 cm³/mol. The highest BCUT2D eigenvalue weighted by Crippen LogP contribution is 2.37. The van der Waals surface area contributed by atoms with Crippen LogP contribution in [-0.2, 0) is 11.3 Å². The van der Waals surface area contributed by atoms with Gasteiger partial charge in [0.1, 0.15) is 11.6 Å². The molecule has 0 spiro atoms. The molecule has 0 saturated heterocycles. The van der Waals surface area contributed by atoms with E-state index in [-0.39, 0.29) is 35.2 Å². The topological polar surface area (TPSA) is 29.5 Å². The van der Waals surface area contributed by atoms with Crippen molar-refractivity contribution in [2.45, 2.75) is 45.1 Å². The maximum atomic E-state index is 14.7. The molecule has 4 rings (SSSR count). The molecule has 1 N–H and O–H groups in total. The quantitative estimate of drug-likeness (QED) is 0.382. The van der Waals surface area contributed by atoms with Crippen molar-refractivity contribution in [2.75, 3.05) is 6.61 Å². The average molecular weight is 467 g/mol. The average Bonchev–Trinajstić information content (AvgIpc) is 2.85. The summed E-state index contributed by atoms with van der Waals surface area (Å²) in [6.45, 7) is 2.72. The zero-order valence-corrected chi connectivity index (χ0v) is 19.2. The normalized spacial score (nSPS) is 18.5. The van der Waals surface area contributed by atoms with E-state index < -0.39 is 11.6 Å². The second-order valence-corrected chi connectivity index (χ2v) is 8.84. The van der Waals surface area contributed by atoms with E-state index >= 15 is 0 Å². The van der Waals surface area contributed by atoms with Gasteiger partial charge in [-0.3, -0.25) is 0 Å². The number of ether oxygens (including phenoxy) is 1. The molecule has 2 nitrogen and oxygen atoms in total. The molecule has 0 heterocycles. The van der Waals surface area contributed by atoms with Crippen LogP contribution in [0.15, 0.2) is 60.7 Å². The van der Waals surface area contributed by atoms with Gasteiger partial charge >= 0.3 is 0 Å². The fourth-order valence-electron chi connectivity index (χ4n) is 4.59. The van der Waals surface area contributed by atoms with E-state index in [1.54, 1.807) is 36.4 Å². The molecule has 1 saturated carbocycles. The molecule has 0 unspecified atom stereocenters. The van der Waals surface area contributed by atoms with Gasteiger partial charge in [-0.2, -0.15) is 0 Å².